The standard InChI is InChI=1S/C20H22O6/c1-20(2,10-21)11-26-17-14(6-7-16(22)18(17)24-3)12-4-5-15-13(8-12)9-25-19(15)23/h4-8,21-22H,9-11H2,1-3H3. The van der Waals surface area contributed by atoms with Gasteiger partial charge in [-0.1, -0.05) is 19.9 Å². The maximum atomic E-state index is 11.6. The third-order valence-corrected chi connectivity index (χ3v) is 4.33. The van der Waals surface area contributed by atoms with E-state index in [9.17, 15) is 15.0 Å². The average molecular weight is 358 g/mol. The number of esters is 1. The minimum atomic E-state index is -0.452. The molecule has 0 atom stereocenters. The normalized spacial score (nSPS) is 13.3. The van der Waals surface area contributed by atoms with Crippen molar-refractivity contribution in [1.29, 1.82) is 0 Å². The molecule has 2 aromatic rings. The first-order valence-electron chi connectivity index (χ1n) is 8.30. The van der Waals surface area contributed by atoms with Crippen molar-refractivity contribution in [3.63, 3.8) is 0 Å². The van der Waals surface area contributed by atoms with E-state index < -0.39 is 5.41 Å². The topological polar surface area (TPSA) is 85.2 Å². The molecule has 6 heteroatoms. The van der Waals surface area contributed by atoms with Gasteiger partial charge in [0.15, 0.2) is 11.5 Å². The molecule has 1 aliphatic heterocycles. The zero-order valence-electron chi connectivity index (χ0n) is 15.0. The van der Waals surface area contributed by atoms with E-state index in [4.69, 9.17) is 14.2 Å². The largest absolute Gasteiger partial charge is 0.504 e. The van der Waals surface area contributed by atoms with Crippen molar-refractivity contribution in [3.8, 4) is 28.4 Å². The Kier molecular flexibility index (Phi) is 4.78. The van der Waals surface area contributed by atoms with Crippen LogP contribution in [0.2, 0.25) is 0 Å². The fraction of sp³-hybridized carbons (Fsp3) is 0.350. The van der Waals surface area contributed by atoms with Gasteiger partial charge in [0.1, 0.15) is 6.61 Å². The minimum Gasteiger partial charge on any atom is -0.504 e. The second-order valence-corrected chi connectivity index (χ2v) is 7.05. The van der Waals surface area contributed by atoms with Crippen molar-refractivity contribution in [2.45, 2.75) is 20.5 Å². The van der Waals surface area contributed by atoms with Gasteiger partial charge in [0.25, 0.3) is 0 Å². The van der Waals surface area contributed by atoms with E-state index in [0.29, 0.717) is 11.3 Å². The number of phenols is 1. The first-order valence-corrected chi connectivity index (χ1v) is 8.30. The Balaban J connectivity index is 2.05. The molecule has 1 heterocycles. The highest BCUT2D eigenvalue weighted by atomic mass is 16.5. The molecule has 0 unspecified atom stereocenters. The van der Waals surface area contributed by atoms with Gasteiger partial charge in [0, 0.05) is 16.5 Å². The molecule has 6 nitrogen and oxygen atoms in total. The van der Waals surface area contributed by atoms with Crippen molar-refractivity contribution in [3.05, 3.63) is 41.5 Å². The van der Waals surface area contributed by atoms with Crippen LogP contribution in [0.5, 0.6) is 17.2 Å². The number of cyclic esters (lactones) is 1. The van der Waals surface area contributed by atoms with E-state index in [2.05, 4.69) is 0 Å². The number of aliphatic hydroxyl groups is 1. The Morgan fingerprint density at radius 1 is 1.15 bits per heavy atom. The van der Waals surface area contributed by atoms with Crippen LogP contribution in [0.15, 0.2) is 30.3 Å². The molecule has 0 aliphatic carbocycles. The zero-order chi connectivity index (χ0) is 18.9. The van der Waals surface area contributed by atoms with Crippen molar-refractivity contribution in [2.24, 2.45) is 5.41 Å². The van der Waals surface area contributed by atoms with Crippen molar-refractivity contribution in [2.75, 3.05) is 20.3 Å². The molecule has 0 saturated heterocycles. The lowest BCUT2D eigenvalue weighted by atomic mass is 9.96. The van der Waals surface area contributed by atoms with Crippen LogP contribution < -0.4 is 9.47 Å². The van der Waals surface area contributed by atoms with Gasteiger partial charge in [-0.2, -0.15) is 0 Å². The number of benzene rings is 2. The van der Waals surface area contributed by atoms with E-state index in [-0.39, 0.29) is 37.3 Å². The van der Waals surface area contributed by atoms with Crippen LogP contribution in [-0.2, 0) is 11.3 Å². The van der Waals surface area contributed by atoms with Gasteiger partial charge in [-0.25, -0.2) is 4.79 Å². The van der Waals surface area contributed by atoms with Crippen LogP contribution in [0.4, 0.5) is 0 Å². The Labute approximate surface area is 151 Å². The summed E-state index contributed by atoms with van der Waals surface area (Å²) in [6.07, 6.45) is 0. The molecule has 138 valence electrons. The second-order valence-electron chi connectivity index (χ2n) is 7.05. The van der Waals surface area contributed by atoms with E-state index in [0.717, 1.165) is 16.7 Å². The summed E-state index contributed by atoms with van der Waals surface area (Å²) < 4.78 is 16.3. The number of methoxy groups -OCH3 is 1. The number of aromatic hydroxyl groups is 1. The molecular weight excluding hydrogens is 336 g/mol. The summed E-state index contributed by atoms with van der Waals surface area (Å²) >= 11 is 0. The Bertz CT molecular complexity index is 840. The number of hydrogen-bond donors (Lipinski definition) is 2. The summed E-state index contributed by atoms with van der Waals surface area (Å²) in [5.74, 6) is 0.256. The van der Waals surface area contributed by atoms with Gasteiger partial charge in [-0.05, 0) is 29.8 Å². The number of fused-ring (bicyclic) bond motifs is 1. The first-order chi connectivity index (χ1) is 12.4. The minimum absolute atomic E-state index is 0.0345. The molecule has 2 aromatic carbocycles. The maximum Gasteiger partial charge on any atom is 0.338 e. The summed E-state index contributed by atoms with van der Waals surface area (Å²) in [7, 11) is 1.46. The lowest BCUT2D eigenvalue weighted by Crippen LogP contribution is -2.25. The Morgan fingerprint density at radius 2 is 1.88 bits per heavy atom. The SMILES string of the molecule is COc1c(O)ccc(-c2ccc3c(c2)COC3=O)c1OCC(C)(C)CO. The molecule has 0 fully saturated rings. The highest BCUT2D eigenvalue weighted by Gasteiger charge is 2.25. The average Bonchev–Trinajstić information content (AvgIpc) is 3.00. The monoisotopic (exact) mass is 358 g/mol. The number of ether oxygens (including phenoxy) is 3. The van der Waals surface area contributed by atoms with E-state index in [1.807, 2.05) is 19.9 Å². The molecule has 0 bridgehead atoms. The van der Waals surface area contributed by atoms with Crippen molar-refractivity contribution >= 4 is 5.97 Å². The molecule has 0 spiro atoms. The number of phenolic OH excluding ortho intramolecular Hbond substituents is 1. The molecule has 3 rings (SSSR count). The maximum absolute atomic E-state index is 11.6. The molecule has 0 radical (unpaired) electrons. The predicted molar refractivity (Wildman–Crippen MR) is 95.6 cm³/mol. The third-order valence-electron chi connectivity index (χ3n) is 4.33. The summed E-state index contributed by atoms with van der Waals surface area (Å²) in [5.41, 5.74) is 2.45. The number of hydrogen-bond acceptors (Lipinski definition) is 6. The highest BCUT2D eigenvalue weighted by Crippen LogP contribution is 2.45. The molecule has 0 aromatic heterocycles. The van der Waals surface area contributed by atoms with Crippen LogP contribution in [0, 0.1) is 5.41 Å². The van der Waals surface area contributed by atoms with Crippen LogP contribution >= 0.6 is 0 Å². The van der Waals surface area contributed by atoms with Crippen LogP contribution in [0.1, 0.15) is 29.8 Å². The van der Waals surface area contributed by atoms with Gasteiger partial charge in [0.2, 0.25) is 5.75 Å². The van der Waals surface area contributed by atoms with Crippen molar-refractivity contribution in [1.82, 2.24) is 0 Å². The summed E-state index contributed by atoms with van der Waals surface area (Å²) in [6.45, 7) is 4.19. The number of carbonyl (C=O) groups is 1. The fourth-order valence-corrected chi connectivity index (χ4v) is 2.73. The molecule has 2 N–H and O–H groups in total. The third kappa shape index (κ3) is 3.32. The van der Waals surface area contributed by atoms with Crippen LogP contribution in [0.3, 0.4) is 0 Å². The summed E-state index contributed by atoms with van der Waals surface area (Å²) in [4.78, 5) is 11.6. The molecule has 0 amide bonds. The number of aliphatic hydroxyl groups excluding tert-OH is 1. The summed E-state index contributed by atoms with van der Waals surface area (Å²) in [6, 6.07) is 8.67. The van der Waals surface area contributed by atoms with Gasteiger partial charge in [-0.3, -0.25) is 0 Å². The van der Waals surface area contributed by atoms with Crippen LogP contribution in [-0.4, -0.2) is 36.5 Å². The lowest BCUT2D eigenvalue weighted by molar-refractivity contribution is 0.0535. The van der Waals surface area contributed by atoms with E-state index >= 15 is 0 Å². The highest BCUT2D eigenvalue weighted by molar-refractivity contribution is 5.94. The van der Waals surface area contributed by atoms with E-state index in [1.165, 1.54) is 13.2 Å². The number of rotatable bonds is 6. The Hall–Kier alpha value is -2.73. The first kappa shape index (κ1) is 18.1. The fourth-order valence-electron chi connectivity index (χ4n) is 2.73. The lowest BCUT2D eigenvalue weighted by Gasteiger charge is -2.24. The molecule has 1 aliphatic rings. The van der Waals surface area contributed by atoms with Gasteiger partial charge in [0.05, 0.1) is 25.9 Å². The van der Waals surface area contributed by atoms with Gasteiger partial charge >= 0.3 is 5.97 Å². The zero-order valence-corrected chi connectivity index (χ0v) is 15.0. The van der Waals surface area contributed by atoms with E-state index in [1.54, 1.807) is 18.2 Å². The quantitative estimate of drug-likeness (QED) is 0.772. The van der Waals surface area contributed by atoms with Crippen LogP contribution in [0.25, 0.3) is 11.1 Å². The summed E-state index contributed by atoms with van der Waals surface area (Å²) in [5, 5.41) is 19.6. The second kappa shape index (κ2) is 6.88. The molecular formula is C20H22O6. The van der Waals surface area contributed by atoms with Gasteiger partial charge in [-0.15, -0.1) is 0 Å². The van der Waals surface area contributed by atoms with Crippen molar-refractivity contribution < 1.29 is 29.2 Å². The smallest absolute Gasteiger partial charge is 0.338 e. The van der Waals surface area contributed by atoms with Gasteiger partial charge < -0.3 is 24.4 Å². The molecule has 0 saturated carbocycles. The predicted octanol–water partition coefficient (Wildman–Crippen LogP) is 3.14. The molecule has 26 heavy (non-hydrogen) atoms. The Morgan fingerprint density at radius 3 is 2.58 bits per heavy atom. The number of carbonyl (C=O) groups excluding carboxylic acids is 1.